The zero-order valence-corrected chi connectivity index (χ0v) is 21.6. The summed E-state index contributed by atoms with van der Waals surface area (Å²) in [6, 6.07) is 2.38. The molecule has 5 atom stereocenters. The summed E-state index contributed by atoms with van der Waals surface area (Å²) in [4.78, 5) is 40.6. The number of methoxy groups -OCH3 is 1. The monoisotopic (exact) mass is 528 g/mol. The molecule has 0 spiro atoms. The third-order valence-corrected chi connectivity index (χ3v) is 8.18. The molecular formula is C28H36N2O8. The molecular weight excluding hydrogens is 492 g/mol. The Hall–Kier alpha value is -2.95. The van der Waals surface area contributed by atoms with Crippen molar-refractivity contribution in [3.8, 4) is 11.5 Å². The molecule has 1 saturated heterocycles. The molecule has 10 heteroatoms. The van der Waals surface area contributed by atoms with Gasteiger partial charge in [-0.15, -0.1) is 0 Å². The summed E-state index contributed by atoms with van der Waals surface area (Å²) in [7, 11) is 1.46. The summed E-state index contributed by atoms with van der Waals surface area (Å²) in [5, 5.41) is 23.7. The van der Waals surface area contributed by atoms with Crippen molar-refractivity contribution in [2.45, 2.75) is 68.8 Å². The number of ether oxygens (including phenoxy) is 3. The fourth-order valence-electron chi connectivity index (χ4n) is 6.33. The van der Waals surface area contributed by atoms with Crippen molar-refractivity contribution in [1.82, 2.24) is 10.2 Å². The molecule has 2 amide bonds. The van der Waals surface area contributed by atoms with Gasteiger partial charge in [0, 0.05) is 42.3 Å². The van der Waals surface area contributed by atoms with Crippen molar-refractivity contribution >= 4 is 18.1 Å². The largest absolute Gasteiger partial charge is 0.493 e. The molecule has 3 N–H and O–H groups in total. The van der Waals surface area contributed by atoms with Crippen LogP contribution in [-0.2, 0) is 14.3 Å². The SMILES string of the molecule is COc1cc(C=O)cc2c1O[C@@H]1[C@@H](O)[C@H](N(C[C@H]3CCCO3)C(=O)C3CCCC3)C=C(C(=O)NCCO)[C@H]21. The number of nitrogens with one attached hydrogen (secondary N) is 1. The molecule has 1 saturated carbocycles. The molecule has 2 heterocycles. The van der Waals surface area contributed by atoms with Gasteiger partial charge in [-0.3, -0.25) is 14.4 Å². The Morgan fingerprint density at radius 2 is 2.00 bits per heavy atom. The van der Waals surface area contributed by atoms with Gasteiger partial charge in [0.15, 0.2) is 11.5 Å². The molecule has 2 fully saturated rings. The van der Waals surface area contributed by atoms with Crippen molar-refractivity contribution in [2.24, 2.45) is 5.92 Å². The summed E-state index contributed by atoms with van der Waals surface area (Å²) in [6.45, 7) is 0.769. The van der Waals surface area contributed by atoms with E-state index in [0.717, 1.165) is 38.5 Å². The summed E-state index contributed by atoms with van der Waals surface area (Å²) in [6.07, 6.45) is 5.52. The summed E-state index contributed by atoms with van der Waals surface area (Å²) >= 11 is 0. The molecule has 0 unspecified atom stereocenters. The summed E-state index contributed by atoms with van der Waals surface area (Å²) in [5.74, 6) is -0.586. The number of carbonyl (C=O) groups is 3. The van der Waals surface area contributed by atoms with Crippen LogP contribution in [0.5, 0.6) is 11.5 Å². The normalized spacial score (nSPS) is 28.2. The van der Waals surface area contributed by atoms with E-state index in [4.69, 9.17) is 14.2 Å². The van der Waals surface area contributed by atoms with Crippen LogP contribution in [0.3, 0.4) is 0 Å². The number of fused-ring (bicyclic) bond motifs is 3. The van der Waals surface area contributed by atoms with Crippen LogP contribution in [0.2, 0.25) is 0 Å². The maximum atomic E-state index is 13.8. The Morgan fingerprint density at radius 3 is 2.66 bits per heavy atom. The first-order valence-electron chi connectivity index (χ1n) is 13.5. The second kappa shape index (κ2) is 11.4. The zero-order chi connectivity index (χ0) is 26.8. The van der Waals surface area contributed by atoms with Crippen molar-refractivity contribution in [3.05, 3.63) is 34.9 Å². The van der Waals surface area contributed by atoms with E-state index in [1.165, 1.54) is 7.11 Å². The van der Waals surface area contributed by atoms with Gasteiger partial charge in [0.1, 0.15) is 18.5 Å². The maximum absolute atomic E-state index is 13.8. The van der Waals surface area contributed by atoms with Crippen LogP contribution in [-0.4, -0.2) is 91.0 Å². The van der Waals surface area contributed by atoms with E-state index in [-0.39, 0.29) is 31.1 Å². The lowest BCUT2D eigenvalue weighted by Gasteiger charge is -2.42. The molecule has 0 radical (unpaired) electrons. The quantitative estimate of drug-likeness (QED) is 0.409. The summed E-state index contributed by atoms with van der Waals surface area (Å²) in [5.41, 5.74) is 1.24. The predicted molar refractivity (Wildman–Crippen MR) is 136 cm³/mol. The van der Waals surface area contributed by atoms with Gasteiger partial charge < -0.3 is 34.6 Å². The predicted octanol–water partition coefficient (Wildman–Crippen LogP) is 1.33. The van der Waals surface area contributed by atoms with Gasteiger partial charge in [-0.25, -0.2) is 0 Å². The Morgan fingerprint density at radius 1 is 1.21 bits per heavy atom. The highest BCUT2D eigenvalue weighted by molar-refractivity contribution is 5.96. The number of aliphatic hydroxyl groups excluding tert-OH is 2. The van der Waals surface area contributed by atoms with Crippen molar-refractivity contribution in [3.63, 3.8) is 0 Å². The van der Waals surface area contributed by atoms with Gasteiger partial charge in [0.05, 0.1) is 31.8 Å². The van der Waals surface area contributed by atoms with Crippen molar-refractivity contribution in [1.29, 1.82) is 0 Å². The first-order valence-corrected chi connectivity index (χ1v) is 13.5. The van der Waals surface area contributed by atoms with Crippen LogP contribution < -0.4 is 14.8 Å². The second-order valence-corrected chi connectivity index (χ2v) is 10.5. The van der Waals surface area contributed by atoms with Gasteiger partial charge in [0.25, 0.3) is 0 Å². The minimum atomic E-state index is -1.14. The van der Waals surface area contributed by atoms with E-state index in [1.54, 1.807) is 23.1 Å². The number of aldehydes is 1. The molecule has 0 aromatic heterocycles. The minimum Gasteiger partial charge on any atom is -0.493 e. The van der Waals surface area contributed by atoms with Crippen LogP contribution in [0.15, 0.2) is 23.8 Å². The highest BCUT2D eigenvalue weighted by atomic mass is 16.5. The van der Waals surface area contributed by atoms with E-state index in [0.29, 0.717) is 47.6 Å². The Kier molecular flexibility index (Phi) is 8.01. The number of hydrogen-bond acceptors (Lipinski definition) is 8. The number of rotatable bonds is 9. The zero-order valence-electron chi connectivity index (χ0n) is 21.6. The standard InChI is InChI=1S/C28H36N2O8/c1-36-22-12-16(15-32)11-19-23-20(27(34)29-8-9-31)13-21(24(33)26(23)38-25(19)22)30(14-18-7-4-10-37-18)28(35)17-5-2-3-6-17/h11-13,15,17-18,21,23-24,26,31,33H,2-10,14H2,1H3,(H,29,34)/t18-,21-,23+,24+,26+/m1/s1. The van der Waals surface area contributed by atoms with Crippen LogP contribution in [0.4, 0.5) is 0 Å². The number of benzene rings is 1. The Labute approximate surface area is 221 Å². The lowest BCUT2D eigenvalue weighted by molar-refractivity contribution is -0.143. The average molecular weight is 529 g/mol. The lowest BCUT2D eigenvalue weighted by atomic mass is 9.77. The van der Waals surface area contributed by atoms with Crippen LogP contribution >= 0.6 is 0 Å². The van der Waals surface area contributed by atoms with Crippen molar-refractivity contribution in [2.75, 3.05) is 33.4 Å². The molecule has 1 aromatic carbocycles. The number of carbonyl (C=O) groups excluding carboxylic acids is 3. The first kappa shape index (κ1) is 26.6. The third kappa shape index (κ3) is 4.92. The molecule has 5 rings (SSSR count). The van der Waals surface area contributed by atoms with Gasteiger partial charge in [-0.2, -0.15) is 0 Å². The van der Waals surface area contributed by atoms with Crippen LogP contribution in [0.25, 0.3) is 0 Å². The van der Waals surface area contributed by atoms with Gasteiger partial charge in [-0.05, 0) is 43.9 Å². The van der Waals surface area contributed by atoms with Crippen LogP contribution in [0, 0.1) is 5.92 Å². The number of nitrogens with zero attached hydrogens (tertiary/aromatic N) is 1. The van der Waals surface area contributed by atoms with Crippen LogP contribution in [0.1, 0.15) is 60.4 Å². The molecule has 10 nitrogen and oxygen atoms in total. The second-order valence-electron chi connectivity index (χ2n) is 10.5. The molecule has 38 heavy (non-hydrogen) atoms. The van der Waals surface area contributed by atoms with Gasteiger partial charge in [-0.1, -0.05) is 12.8 Å². The molecule has 0 bridgehead atoms. The van der Waals surface area contributed by atoms with Crippen molar-refractivity contribution < 1.29 is 38.8 Å². The molecule has 2 aliphatic carbocycles. The smallest absolute Gasteiger partial charge is 0.247 e. The fraction of sp³-hybridized carbons (Fsp3) is 0.607. The highest BCUT2D eigenvalue weighted by Gasteiger charge is 2.52. The minimum absolute atomic E-state index is 0.0387. The Bertz CT molecular complexity index is 1090. The van der Waals surface area contributed by atoms with E-state index in [1.807, 2.05) is 0 Å². The van der Waals surface area contributed by atoms with E-state index < -0.39 is 30.1 Å². The molecule has 4 aliphatic rings. The van der Waals surface area contributed by atoms with E-state index >= 15 is 0 Å². The summed E-state index contributed by atoms with van der Waals surface area (Å²) < 4.78 is 17.6. The number of aliphatic hydroxyl groups is 2. The maximum Gasteiger partial charge on any atom is 0.247 e. The number of hydrogen-bond donors (Lipinski definition) is 3. The lowest BCUT2D eigenvalue weighted by Crippen LogP contribution is -2.58. The first-order chi connectivity index (χ1) is 18.5. The van der Waals surface area contributed by atoms with Gasteiger partial charge >= 0.3 is 0 Å². The van der Waals surface area contributed by atoms with Gasteiger partial charge in [0.2, 0.25) is 11.8 Å². The van der Waals surface area contributed by atoms with E-state index in [9.17, 15) is 24.6 Å². The fourth-order valence-corrected chi connectivity index (χ4v) is 6.33. The molecule has 1 aromatic rings. The Balaban J connectivity index is 1.57. The average Bonchev–Trinajstić information content (AvgIpc) is 3.71. The highest BCUT2D eigenvalue weighted by Crippen LogP contribution is 2.51. The molecule has 2 aliphatic heterocycles. The van der Waals surface area contributed by atoms with E-state index in [2.05, 4.69) is 5.32 Å². The number of amides is 2. The molecule has 206 valence electrons. The third-order valence-electron chi connectivity index (χ3n) is 8.18. The topological polar surface area (TPSA) is 135 Å².